The zero-order chi connectivity index (χ0) is 19.3. The number of nitrogens with zero attached hydrogens (tertiary/aromatic N) is 1. The number of benzene rings is 2. The summed E-state index contributed by atoms with van der Waals surface area (Å²) in [6.07, 6.45) is -0.114. The first kappa shape index (κ1) is 19.8. The van der Waals surface area contributed by atoms with Crippen LogP contribution < -0.4 is 10.0 Å². The lowest BCUT2D eigenvalue weighted by molar-refractivity contribution is -0.116. The van der Waals surface area contributed by atoms with Gasteiger partial charge in [0.25, 0.3) is 0 Å². The van der Waals surface area contributed by atoms with Crippen molar-refractivity contribution in [3.63, 3.8) is 0 Å². The molecule has 0 spiro atoms. The van der Waals surface area contributed by atoms with E-state index in [0.717, 1.165) is 18.2 Å². The van der Waals surface area contributed by atoms with E-state index in [1.165, 1.54) is 0 Å². The zero-order valence-corrected chi connectivity index (χ0v) is 15.3. The predicted octanol–water partition coefficient (Wildman–Crippen LogP) is 2.97. The Kier molecular flexibility index (Phi) is 6.32. The fourth-order valence-corrected chi connectivity index (χ4v) is 3.33. The molecule has 2 rings (SSSR count). The Balaban J connectivity index is 1.97. The van der Waals surface area contributed by atoms with Crippen LogP contribution in [0.2, 0.25) is 5.02 Å². The van der Waals surface area contributed by atoms with Crippen LogP contribution in [0.25, 0.3) is 0 Å². The van der Waals surface area contributed by atoms with Crippen LogP contribution in [0.5, 0.6) is 0 Å². The Morgan fingerprint density at radius 2 is 2.04 bits per heavy atom. The summed E-state index contributed by atoms with van der Waals surface area (Å²) in [5.74, 6) is -1.20. The Labute approximate surface area is 155 Å². The Morgan fingerprint density at radius 1 is 1.31 bits per heavy atom. The van der Waals surface area contributed by atoms with E-state index in [1.54, 1.807) is 31.2 Å². The van der Waals surface area contributed by atoms with Crippen LogP contribution in [0.15, 0.2) is 41.3 Å². The first-order chi connectivity index (χ1) is 12.2. The maximum Gasteiger partial charge on any atom is 0.240 e. The normalized spacial score (nSPS) is 11.0. The number of nitrogens with one attached hydrogen (secondary N) is 2. The number of rotatable bonds is 6. The van der Waals surface area contributed by atoms with Crippen LogP contribution >= 0.6 is 11.6 Å². The van der Waals surface area contributed by atoms with Crippen molar-refractivity contribution in [3.8, 4) is 6.07 Å². The predicted molar refractivity (Wildman–Crippen MR) is 95.7 cm³/mol. The maximum atomic E-state index is 13.3. The van der Waals surface area contributed by atoms with E-state index in [2.05, 4.69) is 10.0 Å². The van der Waals surface area contributed by atoms with E-state index in [0.29, 0.717) is 16.3 Å². The molecule has 9 heteroatoms. The molecule has 2 aromatic rings. The Morgan fingerprint density at radius 3 is 2.73 bits per heavy atom. The van der Waals surface area contributed by atoms with Gasteiger partial charge in [-0.05, 0) is 42.8 Å². The summed E-state index contributed by atoms with van der Waals surface area (Å²) in [5, 5.41) is 11.9. The largest absolute Gasteiger partial charge is 0.326 e. The zero-order valence-electron chi connectivity index (χ0n) is 13.7. The minimum atomic E-state index is -3.96. The third-order valence-electron chi connectivity index (χ3n) is 3.55. The summed E-state index contributed by atoms with van der Waals surface area (Å²) in [7, 11) is -3.96. The van der Waals surface area contributed by atoms with Crippen molar-refractivity contribution in [2.75, 3.05) is 11.9 Å². The molecule has 0 atom stereocenters. The molecule has 6 nitrogen and oxygen atoms in total. The molecule has 26 heavy (non-hydrogen) atoms. The summed E-state index contributed by atoms with van der Waals surface area (Å²) >= 11 is 5.97. The smallest absolute Gasteiger partial charge is 0.240 e. The van der Waals surface area contributed by atoms with Crippen molar-refractivity contribution >= 4 is 33.2 Å². The first-order valence-electron chi connectivity index (χ1n) is 7.49. The van der Waals surface area contributed by atoms with Gasteiger partial charge in [-0.3, -0.25) is 4.79 Å². The van der Waals surface area contributed by atoms with Gasteiger partial charge in [0.2, 0.25) is 15.9 Å². The third-order valence-corrected chi connectivity index (χ3v) is 5.42. The van der Waals surface area contributed by atoms with Crippen LogP contribution in [-0.2, 0) is 14.8 Å². The van der Waals surface area contributed by atoms with E-state index in [4.69, 9.17) is 16.9 Å². The molecule has 0 aliphatic rings. The van der Waals surface area contributed by atoms with Gasteiger partial charge in [-0.15, -0.1) is 0 Å². The molecule has 136 valence electrons. The molecule has 0 heterocycles. The summed E-state index contributed by atoms with van der Waals surface area (Å²) in [6.45, 7) is 1.59. The molecular formula is C17H15ClFN3O3S. The first-order valence-corrected chi connectivity index (χ1v) is 9.35. The molecule has 1 amide bonds. The summed E-state index contributed by atoms with van der Waals surface area (Å²) in [6, 6.07) is 9.54. The second-order valence-electron chi connectivity index (χ2n) is 5.36. The highest BCUT2D eigenvalue weighted by Crippen LogP contribution is 2.23. The monoisotopic (exact) mass is 395 g/mol. The SMILES string of the molecule is Cc1c(Cl)cccc1NC(=O)CCNS(=O)(=O)c1ccc(F)c(C#N)c1. The van der Waals surface area contributed by atoms with Crippen LogP contribution in [0.4, 0.5) is 10.1 Å². The molecular weight excluding hydrogens is 381 g/mol. The van der Waals surface area contributed by atoms with Crippen LogP contribution in [-0.4, -0.2) is 20.9 Å². The molecule has 2 N–H and O–H groups in total. The van der Waals surface area contributed by atoms with E-state index in [9.17, 15) is 17.6 Å². The van der Waals surface area contributed by atoms with E-state index in [-0.39, 0.29) is 23.4 Å². The number of hydrogen-bond acceptors (Lipinski definition) is 4. The van der Waals surface area contributed by atoms with Gasteiger partial charge in [-0.1, -0.05) is 17.7 Å². The van der Waals surface area contributed by atoms with Crippen molar-refractivity contribution in [1.29, 1.82) is 5.26 Å². The van der Waals surface area contributed by atoms with Gasteiger partial charge in [0, 0.05) is 23.7 Å². The fraction of sp³-hybridized carbons (Fsp3) is 0.176. The minimum absolute atomic E-state index is 0.114. The summed E-state index contributed by atoms with van der Waals surface area (Å²) < 4.78 is 39.8. The number of amides is 1. The topological polar surface area (TPSA) is 99.1 Å². The molecule has 0 bridgehead atoms. The lowest BCUT2D eigenvalue weighted by Crippen LogP contribution is -2.28. The molecule has 0 aliphatic heterocycles. The van der Waals surface area contributed by atoms with E-state index in [1.807, 2.05) is 0 Å². The molecule has 2 aromatic carbocycles. The lowest BCUT2D eigenvalue weighted by Gasteiger charge is -2.10. The van der Waals surface area contributed by atoms with Crippen molar-refractivity contribution in [2.24, 2.45) is 0 Å². The quantitative estimate of drug-likeness (QED) is 0.785. The van der Waals surface area contributed by atoms with Crippen LogP contribution in [0, 0.1) is 24.1 Å². The van der Waals surface area contributed by atoms with E-state index < -0.39 is 21.7 Å². The number of nitriles is 1. The molecule has 0 saturated heterocycles. The Bertz CT molecular complexity index is 987. The van der Waals surface area contributed by atoms with E-state index >= 15 is 0 Å². The number of carbonyl (C=O) groups excluding carboxylic acids is 1. The van der Waals surface area contributed by atoms with Crippen molar-refractivity contribution < 1.29 is 17.6 Å². The van der Waals surface area contributed by atoms with Gasteiger partial charge in [-0.25, -0.2) is 17.5 Å². The fourth-order valence-electron chi connectivity index (χ4n) is 2.10. The molecule has 0 unspecified atom stereocenters. The summed E-state index contributed by atoms with van der Waals surface area (Å²) in [4.78, 5) is 11.7. The second kappa shape index (κ2) is 8.27. The second-order valence-corrected chi connectivity index (χ2v) is 7.54. The highest BCUT2D eigenvalue weighted by molar-refractivity contribution is 7.89. The van der Waals surface area contributed by atoms with Crippen LogP contribution in [0.1, 0.15) is 17.5 Å². The number of sulfonamides is 1. The Hall–Kier alpha value is -2.47. The van der Waals surface area contributed by atoms with Crippen LogP contribution in [0.3, 0.4) is 0 Å². The van der Waals surface area contributed by atoms with Gasteiger partial charge < -0.3 is 5.32 Å². The number of hydrogen-bond donors (Lipinski definition) is 2. The highest BCUT2D eigenvalue weighted by atomic mass is 35.5. The third kappa shape index (κ3) is 4.79. The maximum absolute atomic E-state index is 13.3. The van der Waals surface area contributed by atoms with Gasteiger partial charge in [0.1, 0.15) is 11.9 Å². The summed E-state index contributed by atoms with van der Waals surface area (Å²) in [5.41, 5.74) is 0.878. The molecule has 0 aliphatic carbocycles. The van der Waals surface area contributed by atoms with Crippen molar-refractivity contribution in [3.05, 3.63) is 58.4 Å². The van der Waals surface area contributed by atoms with Crippen molar-refractivity contribution in [1.82, 2.24) is 4.72 Å². The molecule has 0 radical (unpaired) electrons. The molecule has 0 aromatic heterocycles. The number of halogens is 2. The van der Waals surface area contributed by atoms with Gasteiger partial charge >= 0.3 is 0 Å². The van der Waals surface area contributed by atoms with Gasteiger partial charge in [0.15, 0.2) is 0 Å². The molecule has 0 fully saturated rings. The number of anilines is 1. The highest BCUT2D eigenvalue weighted by Gasteiger charge is 2.16. The van der Waals surface area contributed by atoms with Gasteiger partial charge in [0.05, 0.1) is 10.5 Å². The lowest BCUT2D eigenvalue weighted by atomic mass is 10.2. The number of carbonyl (C=O) groups is 1. The van der Waals surface area contributed by atoms with Crippen molar-refractivity contribution in [2.45, 2.75) is 18.2 Å². The molecule has 0 saturated carbocycles. The average molecular weight is 396 g/mol. The van der Waals surface area contributed by atoms with Gasteiger partial charge in [-0.2, -0.15) is 5.26 Å². The standard InChI is InChI=1S/C17H15ClFN3O3S/c1-11-14(18)3-2-4-16(11)22-17(23)7-8-21-26(24,25)13-5-6-15(19)12(9-13)10-20/h2-6,9,21H,7-8H2,1H3,(H,22,23). The average Bonchev–Trinajstić information content (AvgIpc) is 2.59. The minimum Gasteiger partial charge on any atom is -0.326 e.